The van der Waals surface area contributed by atoms with Crippen LogP contribution in [0.3, 0.4) is 0 Å². The first kappa shape index (κ1) is 14.3. The second-order valence-electron chi connectivity index (χ2n) is 4.87. The summed E-state index contributed by atoms with van der Waals surface area (Å²) in [4.78, 5) is 11.6. The lowest BCUT2D eigenvalue weighted by atomic mass is 9.97. The van der Waals surface area contributed by atoms with Crippen LogP contribution in [-0.4, -0.2) is 12.6 Å². The Balaban J connectivity index is 2.67. The fraction of sp³-hybridized carbons (Fsp3) is 0.438. The Morgan fingerprint density at radius 2 is 1.89 bits per heavy atom. The molecule has 0 amide bonds. The normalized spacial score (nSPS) is 11.9. The lowest BCUT2D eigenvalue weighted by molar-refractivity contribution is -0.143. The summed E-state index contributed by atoms with van der Waals surface area (Å²) in [7, 11) is 0. The largest absolute Gasteiger partial charge is 0.452 e. The van der Waals surface area contributed by atoms with Crippen molar-refractivity contribution in [1.82, 2.24) is 0 Å². The average molecular weight is 244 g/mol. The number of hydrogen-bond donors (Lipinski definition) is 0. The number of terminal acetylenes is 1. The molecule has 2 heteroatoms. The molecule has 1 aromatic carbocycles. The van der Waals surface area contributed by atoms with Gasteiger partial charge in [-0.2, -0.15) is 0 Å². The van der Waals surface area contributed by atoms with E-state index < -0.39 is 0 Å². The van der Waals surface area contributed by atoms with Crippen molar-refractivity contribution in [3.8, 4) is 12.3 Å². The minimum Gasteiger partial charge on any atom is -0.452 e. The van der Waals surface area contributed by atoms with Crippen molar-refractivity contribution < 1.29 is 9.53 Å². The monoisotopic (exact) mass is 244 g/mol. The quantitative estimate of drug-likeness (QED) is 0.587. The van der Waals surface area contributed by atoms with E-state index in [9.17, 15) is 4.79 Å². The van der Waals surface area contributed by atoms with Gasteiger partial charge in [-0.05, 0) is 30.4 Å². The summed E-state index contributed by atoms with van der Waals surface area (Å²) in [5.41, 5.74) is 2.25. The highest BCUT2D eigenvalue weighted by Crippen LogP contribution is 2.18. The van der Waals surface area contributed by atoms with Crippen LogP contribution < -0.4 is 0 Å². The summed E-state index contributed by atoms with van der Waals surface area (Å²) in [5, 5.41) is 0. The van der Waals surface area contributed by atoms with Crippen LogP contribution in [0.1, 0.15) is 37.8 Å². The third kappa shape index (κ3) is 4.25. The number of rotatable bonds is 5. The predicted octanol–water partition coefficient (Wildman–Crippen LogP) is 3.17. The molecule has 0 aliphatic carbocycles. The third-order valence-corrected chi connectivity index (χ3v) is 2.77. The van der Waals surface area contributed by atoms with Gasteiger partial charge in [-0.3, -0.25) is 4.79 Å². The maximum Gasteiger partial charge on any atom is 0.314 e. The molecule has 0 saturated heterocycles. The van der Waals surface area contributed by atoms with Crippen LogP contribution in [0.5, 0.6) is 0 Å². The van der Waals surface area contributed by atoms with E-state index in [1.165, 1.54) is 5.56 Å². The molecule has 0 fully saturated rings. The van der Waals surface area contributed by atoms with E-state index in [4.69, 9.17) is 11.2 Å². The summed E-state index contributed by atoms with van der Waals surface area (Å²) >= 11 is 0. The van der Waals surface area contributed by atoms with Crippen LogP contribution >= 0.6 is 0 Å². The summed E-state index contributed by atoms with van der Waals surface area (Å²) < 4.78 is 4.93. The van der Waals surface area contributed by atoms with Gasteiger partial charge in [0.1, 0.15) is 0 Å². The van der Waals surface area contributed by atoms with Crippen molar-refractivity contribution in [3.63, 3.8) is 0 Å². The molecule has 0 heterocycles. The summed E-state index contributed by atoms with van der Waals surface area (Å²) in [6, 6.07) is 8.11. The standard InChI is InChI=1S/C16H20O2/c1-5-10-18-16(17)13(4)15-8-6-14(7-9-15)11-12(2)3/h1,6-9,12-13H,10-11H2,2-4H3. The topological polar surface area (TPSA) is 26.3 Å². The number of carbonyl (C=O) groups excluding carboxylic acids is 1. The van der Waals surface area contributed by atoms with Gasteiger partial charge in [0.25, 0.3) is 0 Å². The van der Waals surface area contributed by atoms with Crippen LogP contribution in [0.15, 0.2) is 24.3 Å². The molecule has 0 aliphatic rings. The minimum absolute atomic E-state index is 0.0363. The van der Waals surface area contributed by atoms with Crippen LogP contribution in [0.4, 0.5) is 0 Å². The maximum atomic E-state index is 11.6. The lowest BCUT2D eigenvalue weighted by Crippen LogP contribution is -2.13. The molecule has 1 aromatic rings. The van der Waals surface area contributed by atoms with E-state index in [1.807, 2.05) is 19.1 Å². The zero-order chi connectivity index (χ0) is 13.5. The highest BCUT2D eigenvalue weighted by molar-refractivity contribution is 5.77. The van der Waals surface area contributed by atoms with Gasteiger partial charge < -0.3 is 4.74 Å². The second kappa shape index (κ2) is 6.86. The molecular weight excluding hydrogens is 224 g/mol. The van der Waals surface area contributed by atoms with E-state index in [-0.39, 0.29) is 18.5 Å². The maximum absolute atomic E-state index is 11.6. The Morgan fingerprint density at radius 1 is 1.28 bits per heavy atom. The summed E-state index contributed by atoms with van der Waals surface area (Å²) in [6.45, 7) is 6.24. The van der Waals surface area contributed by atoms with Crippen molar-refractivity contribution >= 4 is 5.97 Å². The number of esters is 1. The number of carbonyl (C=O) groups is 1. The van der Waals surface area contributed by atoms with Crippen molar-refractivity contribution in [3.05, 3.63) is 35.4 Å². The molecule has 0 saturated carbocycles. The Hall–Kier alpha value is -1.75. The molecule has 1 rings (SSSR count). The van der Waals surface area contributed by atoms with E-state index in [2.05, 4.69) is 31.9 Å². The van der Waals surface area contributed by atoms with Crippen LogP contribution in [0.2, 0.25) is 0 Å². The van der Waals surface area contributed by atoms with E-state index in [1.54, 1.807) is 0 Å². The summed E-state index contributed by atoms with van der Waals surface area (Å²) in [5.74, 6) is 2.38. The first-order chi connectivity index (χ1) is 8.54. The molecule has 96 valence electrons. The highest BCUT2D eigenvalue weighted by Gasteiger charge is 2.16. The Bertz CT molecular complexity index is 423. The van der Waals surface area contributed by atoms with Crippen molar-refractivity contribution in [1.29, 1.82) is 0 Å². The molecule has 0 spiro atoms. The molecule has 2 nitrogen and oxygen atoms in total. The van der Waals surface area contributed by atoms with Crippen molar-refractivity contribution in [2.75, 3.05) is 6.61 Å². The Morgan fingerprint density at radius 3 is 2.39 bits per heavy atom. The average Bonchev–Trinajstić information content (AvgIpc) is 2.35. The molecule has 0 N–H and O–H groups in total. The second-order valence-corrected chi connectivity index (χ2v) is 4.87. The smallest absolute Gasteiger partial charge is 0.314 e. The number of benzene rings is 1. The summed E-state index contributed by atoms with van der Waals surface area (Å²) in [6.07, 6.45) is 6.11. The van der Waals surface area contributed by atoms with Crippen molar-refractivity contribution in [2.45, 2.75) is 33.1 Å². The Labute approximate surface area is 109 Å². The van der Waals surface area contributed by atoms with Gasteiger partial charge in [-0.15, -0.1) is 6.42 Å². The molecule has 1 atom stereocenters. The first-order valence-corrected chi connectivity index (χ1v) is 6.23. The lowest BCUT2D eigenvalue weighted by Gasteiger charge is -2.11. The number of hydrogen-bond acceptors (Lipinski definition) is 2. The molecule has 0 radical (unpaired) electrons. The van der Waals surface area contributed by atoms with E-state index >= 15 is 0 Å². The fourth-order valence-electron chi connectivity index (χ4n) is 1.79. The van der Waals surface area contributed by atoms with Gasteiger partial charge >= 0.3 is 5.97 Å². The van der Waals surface area contributed by atoms with Crippen molar-refractivity contribution in [2.24, 2.45) is 5.92 Å². The van der Waals surface area contributed by atoms with Gasteiger partial charge in [0.2, 0.25) is 0 Å². The highest BCUT2D eigenvalue weighted by atomic mass is 16.5. The zero-order valence-electron chi connectivity index (χ0n) is 11.3. The molecular formula is C16H20O2. The van der Waals surface area contributed by atoms with Gasteiger partial charge in [-0.25, -0.2) is 0 Å². The van der Waals surface area contributed by atoms with Gasteiger partial charge in [-0.1, -0.05) is 44.0 Å². The molecule has 0 bridgehead atoms. The predicted molar refractivity (Wildman–Crippen MR) is 73.2 cm³/mol. The SMILES string of the molecule is C#CCOC(=O)C(C)c1ccc(CC(C)C)cc1. The minimum atomic E-state index is -0.274. The first-order valence-electron chi connectivity index (χ1n) is 6.23. The Kier molecular flexibility index (Phi) is 5.45. The fourth-order valence-corrected chi connectivity index (χ4v) is 1.79. The molecule has 1 unspecified atom stereocenters. The van der Waals surface area contributed by atoms with Crippen LogP contribution in [0, 0.1) is 18.3 Å². The van der Waals surface area contributed by atoms with Crippen LogP contribution in [-0.2, 0) is 16.0 Å². The zero-order valence-corrected chi connectivity index (χ0v) is 11.3. The van der Waals surface area contributed by atoms with Gasteiger partial charge in [0.15, 0.2) is 6.61 Å². The van der Waals surface area contributed by atoms with Gasteiger partial charge in [0, 0.05) is 0 Å². The number of ether oxygens (including phenoxy) is 1. The third-order valence-electron chi connectivity index (χ3n) is 2.77. The van der Waals surface area contributed by atoms with Gasteiger partial charge in [0.05, 0.1) is 5.92 Å². The van der Waals surface area contributed by atoms with E-state index in [0.717, 1.165) is 12.0 Å². The molecule has 18 heavy (non-hydrogen) atoms. The molecule has 0 aliphatic heterocycles. The van der Waals surface area contributed by atoms with Crippen LogP contribution in [0.25, 0.3) is 0 Å². The molecule has 0 aromatic heterocycles. The van der Waals surface area contributed by atoms with E-state index in [0.29, 0.717) is 5.92 Å².